The topological polar surface area (TPSA) is 75.7 Å². The van der Waals surface area contributed by atoms with Crippen molar-refractivity contribution in [2.24, 2.45) is 5.73 Å². The maximum atomic E-state index is 10.5. The van der Waals surface area contributed by atoms with Crippen LogP contribution in [-0.4, -0.2) is 29.5 Å². The van der Waals surface area contributed by atoms with Gasteiger partial charge in [-0.2, -0.15) is 0 Å². The molecule has 0 bridgehead atoms. The SMILES string of the molecule is CCCOc1c(C)cc(Cl)c(C)c1C(O)C(N)CCO. The van der Waals surface area contributed by atoms with Gasteiger partial charge in [0.15, 0.2) is 0 Å². The Morgan fingerprint density at radius 2 is 2.05 bits per heavy atom. The Kier molecular flexibility index (Phi) is 6.76. The quantitative estimate of drug-likeness (QED) is 0.723. The van der Waals surface area contributed by atoms with E-state index in [1.807, 2.05) is 26.8 Å². The lowest BCUT2D eigenvalue weighted by Crippen LogP contribution is -2.30. The molecule has 1 aromatic carbocycles. The molecule has 20 heavy (non-hydrogen) atoms. The molecule has 1 rings (SSSR count). The molecule has 0 aliphatic carbocycles. The van der Waals surface area contributed by atoms with E-state index >= 15 is 0 Å². The van der Waals surface area contributed by atoms with Crippen LogP contribution in [0.4, 0.5) is 0 Å². The van der Waals surface area contributed by atoms with E-state index in [9.17, 15) is 5.11 Å². The molecule has 0 saturated heterocycles. The number of ether oxygens (including phenoxy) is 1. The number of rotatable bonds is 7. The molecular formula is C15H24ClNO3. The van der Waals surface area contributed by atoms with Crippen LogP contribution in [0.25, 0.3) is 0 Å². The number of hydrogen-bond donors (Lipinski definition) is 3. The van der Waals surface area contributed by atoms with Crippen LogP contribution >= 0.6 is 11.6 Å². The van der Waals surface area contributed by atoms with Crippen LogP contribution in [0.2, 0.25) is 5.02 Å². The largest absolute Gasteiger partial charge is 0.493 e. The number of halogens is 1. The molecule has 114 valence electrons. The van der Waals surface area contributed by atoms with Crippen molar-refractivity contribution in [2.45, 2.75) is 45.8 Å². The van der Waals surface area contributed by atoms with Gasteiger partial charge in [0.25, 0.3) is 0 Å². The van der Waals surface area contributed by atoms with E-state index < -0.39 is 12.1 Å². The van der Waals surface area contributed by atoms with Crippen LogP contribution < -0.4 is 10.5 Å². The standard InChI is InChI=1S/C15H24ClNO3/c1-4-7-20-15-9(2)8-11(16)10(3)13(15)14(19)12(17)5-6-18/h8,12,14,18-19H,4-7,17H2,1-3H3. The zero-order valence-corrected chi connectivity index (χ0v) is 13.1. The summed E-state index contributed by atoms with van der Waals surface area (Å²) >= 11 is 6.19. The van der Waals surface area contributed by atoms with Gasteiger partial charge in [-0.05, 0) is 43.9 Å². The third kappa shape index (κ3) is 3.85. The summed E-state index contributed by atoms with van der Waals surface area (Å²) in [5.74, 6) is 0.648. The van der Waals surface area contributed by atoms with Gasteiger partial charge in [0.05, 0.1) is 12.7 Å². The van der Waals surface area contributed by atoms with Crippen LogP contribution in [0.15, 0.2) is 6.07 Å². The normalized spacial score (nSPS) is 14.2. The van der Waals surface area contributed by atoms with Crippen LogP contribution in [-0.2, 0) is 0 Å². The van der Waals surface area contributed by atoms with Crippen LogP contribution in [0.3, 0.4) is 0 Å². The highest BCUT2D eigenvalue weighted by Crippen LogP contribution is 2.37. The van der Waals surface area contributed by atoms with E-state index in [2.05, 4.69) is 0 Å². The van der Waals surface area contributed by atoms with Gasteiger partial charge in [0.2, 0.25) is 0 Å². The minimum Gasteiger partial charge on any atom is -0.493 e. The monoisotopic (exact) mass is 301 g/mol. The Balaban J connectivity index is 3.25. The number of nitrogens with two attached hydrogens (primary N) is 1. The van der Waals surface area contributed by atoms with Gasteiger partial charge in [-0.15, -0.1) is 0 Å². The van der Waals surface area contributed by atoms with E-state index in [4.69, 9.17) is 27.2 Å². The summed E-state index contributed by atoms with van der Waals surface area (Å²) < 4.78 is 5.77. The minimum atomic E-state index is -0.911. The van der Waals surface area contributed by atoms with Gasteiger partial charge in [0.1, 0.15) is 5.75 Å². The van der Waals surface area contributed by atoms with Crippen molar-refractivity contribution in [3.05, 3.63) is 27.8 Å². The van der Waals surface area contributed by atoms with Gasteiger partial charge in [-0.3, -0.25) is 0 Å². The summed E-state index contributed by atoms with van der Waals surface area (Å²) in [6.45, 7) is 6.25. The molecule has 0 heterocycles. The molecule has 0 fully saturated rings. The van der Waals surface area contributed by atoms with E-state index in [0.717, 1.165) is 17.5 Å². The Morgan fingerprint density at radius 3 is 2.60 bits per heavy atom. The first kappa shape index (κ1) is 17.2. The first-order chi connectivity index (χ1) is 9.43. The van der Waals surface area contributed by atoms with Crippen molar-refractivity contribution in [1.82, 2.24) is 0 Å². The second-order valence-corrected chi connectivity index (χ2v) is 5.42. The van der Waals surface area contributed by atoms with Crippen molar-refractivity contribution >= 4 is 11.6 Å². The summed E-state index contributed by atoms with van der Waals surface area (Å²) in [5.41, 5.74) is 8.19. The molecule has 5 heteroatoms. The van der Waals surface area contributed by atoms with Gasteiger partial charge in [-0.1, -0.05) is 18.5 Å². The van der Waals surface area contributed by atoms with E-state index in [0.29, 0.717) is 29.4 Å². The first-order valence-electron chi connectivity index (χ1n) is 6.90. The lowest BCUT2D eigenvalue weighted by atomic mass is 9.93. The zero-order chi connectivity index (χ0) is 15.3. The first-order valence-corrected chi connectivity index (χ1v) is 7.28. The van der Waals surface area contributed by atoms with Crippen LogP contribution in [0.5, 0.6) is 5.75 Å². The van der Waals surface area contributed by atoms with E-state index in [1.165, 1.54) is 0 Å². The summed E-state index contributed by atoms with van der Waals surface area (Å²) in [4.78, 5) is 0. The highest BCUT2D eigenvalue weighted by molar-refractivity contribution is 6.31. The fourth-order valence-electron chi connectivity index (χ4n) is 2.15. The van der Waals surface area contributed by atoms with Gasteiger partial charge in [-0.25, -0.2) is 0 Å². The summed E-state index contributed by atoms with van der Waals surface area (Å²) in [6, 6.07) is 1.27. The van der Waals surface area contributed by atoms with Crippen molar-refractivity contribution in [1.29, 1.82) is 0 Å². The summed E-state index contributed by atoms with van der Waals surface area (Å²) in [5, 5.41) is 20.0. The number of benzene rings is 1. The van der Waals surface area contributed by atoms with Gasteiger partial charge >= 0.3 is 0 Å². The molecule has 0 radical (unpaired) electrons. The smallest absolute Gasteiger partial charge is 0.128 e. The molecule has 0 aromatic heterocycles. The second kappa shape index (κ2) is 7.84. The molecule has 0 aliphatic heterocycles. The molecule has 2 unspecified atom stereocenters. The molecular weight excluding hydrogens is 278 g/mol. The number of aliphatic hydroxyl groups excluding tert-OH is 2. The van der Waals surface area contributed by atoms with Crippen molar-refractivity contribution in [3.8, 4) is 5.75 Å². The van der Waals surface area contributed by atoms with Gasteiger partial charge < -0.3 is 20.7 Å². The highest BCUT2D eigenvalue weighted by atomic mass is 35.5. The Labute approximate surface area is 125 Å². The molecule has 4 N–H and O–H groups in total. The van der Waals surface area contributed by atoms with E-state index in [-0.39, 0.29) is 6.61 Å². The highest BCUT2D eigenvalue weighted by Gasteiger charge is 2.25. The second-order valence-electron chi connectivity index (χ2n) is 5.01. The predicted octanol–water partition coefficient (Wildman–Crippen LogP) is 2.49. The van der Waals surface area contributed by atoms with Crippen molar-refractivity contribution in [3.63, 3.8) is 0 Å². The third-order valence-electron chi connectivity index (χ3n) is 3.32. The number of hydrogen-bond acceptors (Lipinski definition) is 4. The van der Waals surface area contributed by atoms with E-state index in [1.54, 1.807) is 0 Å². The molecule has 0 spiro atoms. The third-order valence-corrected chi connectivity index (χ3v) is 3.72. The van der Waals surface area contributed by atoms with Crippen molar-refractivity contribution < 1.29 is 14.9 Å². The fraction of sp³-hybridized carbons (Fsp3) is 0.600. The van der Waals surface area contributed by atoms with Crippen molar-refractivity contribution in [2.75, 3.05) is 13.2 Å². The number of aryl methyl sites for hydroxylation is 1. The summed E-state index contributed by atoms with van der Waals surface area (Å²) in [7, 11) is 0. The Morgan fingerprint density at radius 1 is 1.40 bits per heavy atom. The average molecular weight is 302 g/mol. The molecule has 4 nitrogen and oxygen atoms in total. The van der Waals surface area contributed by atoms with Gasteiger partial charge in [0, 0.05) is 23.2 Å². The zero-order valence-electron chi connectivity index (χ0n) is 12.3. The molecule has 1 aromatic rings. The molecule has 0 aliphatic rings. The maximum absolute atomic E-state index is 10.5. The lowest BCUT2D eigenvalue weighted by Gasteiger charge is -2.25. The number of aliphatic hydroxyl groups is 2. The molecule has 2 atom stereocenters. The predicted molar refractivity (Wildman–Crippen MR) is 81.4 cm³/mol. The fourth-order valence-corrected chi connectivity index (χ4v) is 2.41. The maximum Gasteiger partial charge on any atom is 0.128 e. The van der Waals surface area contributed by atoms with Crippen LogP contribution in [0, 0.1) is 13.8 Å². The lowest BCUT2D eigenvalue weighted by molar-refractivity contribution is 0.124. The summed E-state index contributed by atoms with van der Waals surface area (Å²) in [6.07, 6.45) is 0.282. The molecule has 0 amide bonds. The molecule has 0 saturated carbocycles. The average Bonchev–Trinajstić information content (AvgIpc) is 2.40. The Hall–Kier alpha value is -0.810. The van der Waals surface area contributed by atoms with Crippen LogP contribution in [0.1, 0.15) is 42.6 Å². The minimum absolute atomic E-state index is 0.0675. The Bertz CT molecular complexity index is 451.